The maximum absolute atomic E-state index is 5.80. The van der Waals surface area contributed by atoms with Crippen LogP contribution in [0.5, 0.6) is 6.01 Å². The van der Waals surface area contributed by atoms with Crippen molar-refractivity contribution in [1.29, 1.82) is 0 Å². The molecule has 124 valence electrons. The lowest BCUT2D eigenvalue weighted by atomic mass is 10.2. The highest BCUT2D eigenvalue weighted by molar-refractivity contribution is 5.89. The van der Waals surface area contributed by atoms with Crippen LogP contribution in [0.2, 0.25) is 0 Å². The highest BCUT2D eigenvalue weighted by atomic mass is 16.5. The van der Waals surface area contributed by atoms with Crippen molar-refractivity contribution in [2.24, 2.45) is 0 Å². The Hall–Kier alpha value is -1.88. The van der Waals surface area contributed by atoms with E-state index in [4.69, 9.17) is 9.72 Å². The summed E-state index contributed by atoms with van der Waals surface area (Å²) >= 11 is 0. The largest absolute Gasteiger partial charge is 0.462 e. The molecular formula is C18H26N4O. The van der Waals surface area contributed by atoms with E-state index in [2.05, 4.69) is 26.9 Å². The first-order chi connectivity index (χ1) is 11.2. The van der Waals surface area contributed by atoms with Crippen molar-refractivity contribution < 1.29 is 4.74 Å². The minimum Gasteiger partial charge on any atom is -0.462 e. The van der Waals surface area contributed by atoms with E-state index in [0.29, 0.717) is 12.6 Å². The quantitative estimate of drug-likeness (QED) is 0.849. The van der Waals surface area contributed by atoms with Crippen LogP contribution in [0.25, 0.3) is 10.9 Å². The van der Waals surface area contributed by atoms with Crippen LogP contribution < -0.4 is 9.64 Å². The van der Waals surface area contributed by atoms with E-state index < -0.39 is 0 Å². The molecule has 0 unspecified atom stereocenters. The van der Waals surface area contributed by atoms with Crippen LogP contribution in [-0.4, -0.2) is 55.2 Å². The normalized spacial score (nSPS) is 15.9. The zero-order chi connectivity index (χ0) is 16.1. The van der Waals surface area contributed by atoms with Crippen molar-refractivity contribution in [3.05, 3.63) is 24.3 Å². The molecule has 0 spiro atoms. The van der Waals surface area contributed by atoms with Crippen LogP contribution in [0.1, 0.15) is 25.7 Å². The van der Waals surface area contributed by atoms with Crippen LogP contribution in [-0.2, 0) is 0 Å². The van der Waals surface area contributed by atoms with E-state index in [1.165, 1.54) is 25.7 Å². The molecular weight excluding hydrogens is 288 g/mol. The summed E-state index contributed by atoms with van der Waals surface area (Å²) in [6.07, 6.45) is 5.09. The van der Waals surface area contributed by atoms with E-state index in [1.807, 2.05) is 26.2 Å². The molecule has 0 atom stereocenters. The van der Waals surface area contributed by atoms with Crippen LogP contribution in [0.15, 0.2) is 24.3 Å². The van der Waals surface area contributed by atoms with Gasteiger partial charge in [0.2, 0.25) is 0 Å². The van der Waals surface area contributed by atoms with Crippen molar-refractivity contribution in [2.45, 2.75) is 25.7 Å². The van der Waals surface area contributed by atoms with Gasteiger partial charge in [-0.05, 0) is 39.1 Å². The zero-order valence-electron chi connectivity index (χ0n) is 14.2. The molecule has 0 amide bonds. The highest BCUT2D eigenvalue weighted by Gasteiger charge is 2.16. The van der Waals surface area contributed by atoms with Gasteiger partial charge in [-0.25, -0.2) is 0 Å². The number of hydrogen-bond acceptors (Lipinski definition) is 5. The number of aromatic nitrogens is 2. The van der Waals surface area contributed by atoms with Gasteiger partial charge in [-0.15, -0.1) is 0 Å². The molecule has 1 aliphatic heterocycles. The average Bonchev–Trinajstić information content (AvgIpc) is 2.83. The molecule has 0 bridgehead atoms. The molecule has 1 saturated heterocycles. The van der Waals surface area contributed by atoms with Crippen molar-refractivity contribution in [3.63, 3.8) is 0 Å². The van der Waals surface area contributed by atoms with Crippen molar-refractivity contribution >= 4 is 16.7 Å². The van der Waals surface area contributed by atoms with Crippen molar-refractivity contribution in [2.75, 3.05) is 45.2 Å². The summed E-state index contributed by atoms with van der Waals surface area (Å²) < 4.78 is 5.80. The predicted octanol–water partition coefficient (Wildman–Crippen LogP) is 2.95. The lowest BCUT2D eigenvalue weighted by Crippen LogP contribution is -2.26. The molecule has 0 radical (unpaired) electrons. The summed E-state index contributed by atoms with van der Waals surface area (Å²) in [6, 6.07) is 8.71. The number of benzene rings is 1. The Morgan fingerprint density at radius 1 is 1.04 bits per heavy atom. The van der Waals surface area contributed by atoms with Gasteiger partial charge < -0.3 is 14.5 Å². The summed E-state index contributed by atoms with van der Waals surface area (Å²) in [5, 5.41) is 1.12. The summed E-state index contributed by atoms with van der Waals surface area (Å²) in [7, 11) is 4.07. The van der Waals surface area contributed by atoms with Crippen molar-refractivity contribution in [3.8, 4) is 6.01 Å². The summed E-state index contributed by atoms with van der Waals surface area (Å²) in [6.45, 7) is 3.59. The summed E-state index contributed by atoms with van der Waals surface area (Å²) in [5.41, 5.74) is 0.960. The third kappa shape index (κ3) is 4.10. The molecule has 0 saturated carbocycles. The van der Waals surface area contributed by atoms with E-state index >= 15 is 0 Å². The Bertz CT molecular complexity index is 636. The van der Waals surface area contributed by atoms with Crippen molar-refractivity contribution in [1.82, 2.24) is 14.9 Å². The molecule has 0 aliphatic carbocycles. The molecule has 3 rings (SSSR count). The number of likely N-dealkylation sites (N-methyl/N-ethyl adjacent to an activating group) is 1. The Labute approximate surface area is 138 Å². The van der Waals surface area contributed by atoms with Crippen LogP contribution in [0.3, 0.4) is 0 Å². The van der Waals surface area contributed by atoms with Crippen LogP contribution in [0, 0.1) is 0 Å². The average molecular weight is 314 g/mol. The SMILES string of the molecule is CN(C)CCOc1nc(N2CCCCCC2)c2ccccc2n1. The third-order valence-corrected chi connectivity index (χ3v) is 4.24. The second-order valence-electron chi connectivity index (χ2n) is 6.40. The third-order valence-electron chi connectivity index (χ3n) is 4.24. The lowest BCUT2D eigenvalue weighted by Gasteiger charge is -2.23. The standard InChI is InChI=1S/C18H26N4O/c1-21(2)13-14-23-18-19-16-10-6-5-9-15(16)17(20-18)22-11-7-3-4-8-12-22/h5-6,9-10H,3-4,7-8,11-14H2,1-2H3. The summed E-state index contributed by atoms with van der Waals surface area (Å²) in [4.78, 5) is 13.8. The molecule has 5 nitrogen and oxygen atoms in total. The topological polar surface area (TPSA) is 41.5 Å². The van der Waals surface area contributed by atoms with Gasteiger partial charge in [-0.2, -0.15) is 9.97 Å². The van der Waals surface area contributed by atoms with E-state index in [1.54, 1.807) is 0 Å². The predicted molar refractivity (Wildman–Crippen MR) is 94.3 cm³/mol. The maximum Gasteiger partial charge on any atom is 0.318 e. The number of rotatable bonds is 5. The lowest BCUT2D eigenvalue weighted by molar-refractivity contribution is 0.246. The fourth-order valence-electron chi connectivity index (χ4n) is 2.95. The van der Waals surface area contributed by atoms with Gasteiger partial charge in [0, 0.05) is 25.0 Å². The monoisotopic (exact) mass is 314 g/mol. The van der Waals surface area contributed by atoms with Gasteiger partial charge in [0.15, 0.2) is 0 Å². The van der Waals surface area contributed by atoms with Gasteiger partial charge in [0.05, 0.1) is 5.52 Å². The number of hydrogen-bond donors (Lipinski definition) is 0. The smallest absolute Gasteiger partial charge is 0.318 e. The van der Waals surface area contributed by atoms with E-state index in [-0.39, 0.29) is 0 Å². The minimum atomic E-state index is 0.491. The molecule has 1 aromatic heterocycles. The number of fused-ring (bicyclic) bond motifs is 1. The fourth-order valence-corrected chi connectivity index (χ4v) is 2.95. The molecule has 0 N–H and O–H groups in total. The fraction of sp³-hybridized carbons (Fsp3) is 0.556. The Morgan fingerprint density at radius 3 is 2.52 bits per heavy atom. The second kappa shape index (κ2) is 7.59. The Balaban J connectivity index is 1.90. The van der Waals surface area contributed by atoms with Gasteiger partial charge in [0.25, 0.3) is 0 Å². The Morgan fingerprint density at radius 2 is 1.78 bits per heavy atom. The van der Waals surface area contributed by atoms with E-state index in [9.17, 15) is 0 Å². The number of para-hydroxylation sites is 1. The molecule has 5 heteroatoms. The summed E-state index contributed by atoms with van der Waals surface area (Å²) in [5.74, 6) is 1.03. The first kappa shape index (κ1) is 16.0. The minimum absolute atomic E-state index is 0.491. The van der Waals surface area contributed by atoms with Gasteiger partial charge >= 0.3 is 6.01 Å². The first-order valence-electron chi connectivity index (χ1n) is 8.53. The van der Waals surface area contributed by atoms with Gasteiger partial charge in [-0.3, -0.25) is 0 Å². The molecule has 23 heavy (non-hydrogen) atoms. The number of anilines is 1. The van der Waals surface area contributed by atoms with Crippen LogP contribution >= 0.6 is 0 Å². The first-order valence-corrected chi connectivity index (χ1v) is 8.53. The number of ether oxygens (including phenoxy) is 1. The highest BCUT2D eigenvalue weighted by Crippen LogP contribution is 2.27. The van der Waals surface area contributed by atoms with Gasteiger partial charge in [0.1, 0.15) is 12.4 Å². The molecule has 1 aromatic carbocycles. The zero-order valence-corrected chi connectivity index (χ0v) is 14.2. The molecule has 1 fully saturated rings. The Kier molecular flexibility index (Phi) is 5.28. The molecule has 2 heterocycles. The maximum atomic E-state index is 5.80. The van der Waals surface area contributed by atoms with Crippen LogP contribution in [0.4, 0.5) is 5.82 Å². The van der Waals surface area contributed by atoms with Gasteiger partial charge in [-0.1, -0.05) is 25.0 Å². The second-order valence-corrected chi connectivity index (χ2v) is 6.40. The number of nitrogens with zero attached hydrogens (tertiary/aromatic N) is 4. The van der Waals surface area contributed by atoms with E-state index in [0.717, 1.165) is 36.4 Å². The molecule has 2 aromatic rings. The molecule has 1 aliphatic rings.